The SMILES string of the molecule is CCOCCCN=C(NCCc1ccco1)NC1CCOC(C(CC)CC)C1.I. The summed E-state index contributed by atoms with van der Waals surface area (Å²) in [6.07, 6.45) is 8.26. The summed E-state index contributed by atoms with van der Waals surface area (Å²) in [6.45, 7) is 10.4. The fourth-order valence-corrected chi connectivity index (χ4v) is 3.71. The van der Waals surface area contributed by atoms with Gasteiger partial charge in [0, 0.05) is 45.4 Å². The molecule has 2 rings (SSSR count). The van der Waals surface area contributed by atoms with E-state index in [0.29, 0.717) is 18.1 Å². The molecule has 1 aromatic rings. The Labute approximate surface area is 193 Å². The van der Waals surface area contributed by atoms with Crippen molar-refractivity contribution in [3.8, 4) is 0 Å². The Hall–Kier alpha value is -0.800. The van der Waals surface area contributed by atoms with Crippen molar-refractivity contribution in [1.29, 1.82) is 0 Å². The molecule has 0 aliphatic carbocycles. The summed E-state index contributed by atoms with van der Waals surface area (Å²) >= 11 is 0. The molecule has 7 heteroatoms. The number of halogens is 1. The quantitative estimate of drug-likeness (QED) is 0.185. The highest BCUT2D eigenvalue weighted by atomic mass is 127. The summed E-state index contributed by atoms with van der Waals surface area (Å²) in [5.74, 6) is 2.52. The molecule has 2 unspecified atom stereocenters. The van der Waals surface area contributed by atoms with Crippen molar-refractivity contribution < 1.29 is 13.9 Å². The minimum Gasteiger partial charge on any atom is -0.469 e. The second-order valence-electron chi connectivity index (χ2n) is 7.39. The smallest absolute Gasteiger partial charge is 0.191 e. The number of nitrogens with one attached hydrogen (secondary N) is 2. The third kappa shape index (κ3) is 10.2. The highest BCUT2D eigenvalue weighted by Crippen LogP contribution is 2.25. The molecule has 0 saturated carbocycles. The number of ether oxygens (including phenoxy) is 2. The molecule has 2 heterocycles. The van der Waals surface area contributed by atoms with Crippen LogP contribution < -0.4 is 10.6 Å². The van der Waals surface area contributed by atoms with Crippen LogP contribution in [0.5, 0.6) is 0 Å². The lowest BCUT2D eigenvalue weighted by atomic mass is 9.89. The first-order valence-corrected chi connectivity index (χ1v) is 11.0. The zero-order chi connectivity index (χ0) is 20.0. The first kappa shape index (κ1) is 26.2. The fourth-order valence-electron chi connectivity index (χ4n) is 3.71. The molecule has 29 heavy (non-hydrogen) atoms. The van der Waals surface area contributed by atoms with Crippen LogP contribution in [0.3, 0.4) is 0 Å². The first-order chi connectivity index (χ1) is 13.8. The van der Waals surface area contributed by atoms with Crippen LogP contribution in [-0.4, -0.2) is 51.0 Å². The third-order valence-corrected chi connectivity index (χ3v) is 5.40. The second kappa shape index (κ2) is 16.0. The largest absolute Gasteiger partial charge is 0.469 e. The number of guanidine groups is 1. The van der Waals surface area contributed by atoms with Gasteiger partial charge in [-0.1, -0.05) is 26.7 Å². The van der Waals surface area contributed by atoms with Crippen molar-refractivity contribution in [1.82, 2.24) is 10.6 Å². The van der Waals surface area contributed by atoms with E-state index in [1.165, 1.54) is 12.8 Å². The van der Waals surface area contributed by atoms with Crippen LogP contribution >= 0.6 is 24.0 Å². The van der Waals surface area contributed by atoms with E-state index in [4.69, 9.17) is 18.9 Å². The lowest BCUT2D eigenvalue weighted by molar-refractivity contribution is -0.0324. The average molecular weight is 521 g/mol. The Kier molecular flexibility index (Phi) is 14.4. The Morgan fingerprint density at radius 3 is 2.83 bits per heavy atom. The maximum absolute atomic E-state index is 6.06. The van der Waals surface area contributed by atoms with Gasteiger partial charge in [0.15, 0.2) is 5.96 Å². The monoisotopic (exact) mass is 521 g/mol. The number of furan rings is 1. The molecular formula is C22H40IN3O3. The molecule has 0 bridgehead atoms. The van der Waals surface area contributed by atoms with E-state index < -0.39 is 0 Å². The Balaban J connectivity index is 0.00000420. The minimum atomic E-state index is 0. The van der Waals surface area contributed by atoms with Crippen molar-refractivity contribution in [2.24, 2.45) is 10.9 Å². The Bertz CT molecular complexity index is 535. The predicted octanol–water partition coefficient (Wildman–Crippen LogP) is 4.39. The fraction of sp³-hybridized carbons (Fsp3) is 0.773. The van der Waals surface area contributed by atoms with Crippen LogP contribution in [0.1, 0.15) is 58.6 Å². The first-order valence-electron chi connectivity index (χ1n) is 11.0. The van der Waals surface area contributed by atoms with E-state index in [-0.39, 0.29) is 24.0 Å². The Morgan fingerprint density at radius 2 is 2.14 bits per heavy atom. The van der Waals surface area contributed by atoms with Crippen LogP contribution in [-0.2, 0) is 15.9 Å². The molecule has 1 saturated heterocycles. The third-order valence-electron chi connectivity index (χ3n) is 5.40. The van der Waals surface area contributed by atoms with Gasteiger partial charge < -0.3 is 24.5 Å². The van der Waals surface area contributed by atoms with Crippen molar-refractivity contribution in [3.63, 3.8) is 0 Å². The highest BCUT2D eigenvalue weighted by molar-refractivity contribution is 14.0. The molecular weight excluding hydrogens is 481 g/mol. The second-order valence-corrected chi connectivity index (χ2v) is 7.39. The zero-order valence-electron chi connectivity index (χ0n) is 18.3. The van der Waals surface area contributed by atoms with Crippen LogP contribution in [0.2, 0.25) is 0 Å². The molecule has 1 aliphatic heterocycles. The van der Waals surface area contributed by atoms with Crippen molar-refractivity contribution >= 4 is 29.9 Å². The van der Waals surface area contributed by atoms with Crippen LogP contribution in [0.4, 0.5) is 0 Å². The summed E-state index contributed by atoms with van der Waals surface area (Å²) < 4.78 is 16.9. The predicted molar refractivity (Wildman–Crippen MR) is 129 cm³/mol. The van der Waals surface area contributed by atoms with Gasteiger partial charge in [0.25, 0.3) is 0 Å². The van der Waals surface area contributed by atoms with Gasteiger partial charge in [0.1, 0.15) is 5.76 Å². The molecule has 0 amide bonds. The molecule has 2 N–H and O–H groups in total. The van der Waals surface area contributed by atoms with Crippen LogP contribution in [0.15, 0.2) is 27.8 Å². The molecule has 2 atom stereocenters. The van der Waals surface area contributed by atoms with Gasteiger partial charge in [-0.15, -0.1) is 24.0 Å². The zero-order valence-corrected chi connectivity index (χ0v) is 20.7. The summed E-state index contributed by atoms with van der Waals surface area (Å²) in [6, 6.07) is 4.34. The molecule has 6 nitrogen and oxygen atoms in total. The molecule has 1 aromatic heterocycles. The van der Waals surface area contributed by atoms with E-state index in [0.717, 1.165) is 70.3 Å². The van der Waals surface area contributed by atoms with E-state index >= 15 is 0 Å². The van der Waals surface area contributed by atoms with Gasteiger partial charge >= 0.3 is 0 Å². The number of rotatable bonds is 12. The maximum atomic E-state index is 6.06. The Morgan fingerprint density at radius 1 is 1.31 bits per heavy atom. The lowest BCUT2D eigenvalue weighted by Crippen LogP contribution is -2.48. The van der Waals surface area contributed by atoms with E-state index in [9.17, 15) is 0 Å². The summed E-state index contributed by atoms with van der Waals surface area (Å²) in [5, 5.41) is 7.11. The number of nitrogens with zero attached hydrogens (tertiary/aromatic N) is 1. The van der Waals surface area contributed by atoms with Crippen molar-refractivity contribution in [2.75, 3.05) is 32.9 Å². The summed E-state index contributed by atoms with van der Waals surface area (Å²) in [4.78, 5) is 4.76. The molecule has 1 fully saturated rings. The number of hydrogen-bond donors (Lipinski definition) is 2. The molecule has 0 radical (unpaired) electrons. The van der Waals surface area contributed by atoms with E-state index in [2.05, 4.69) is 24.5 Å². The average Bonchev–Trinajstić information content (AvgIpc) is 3.22. The summed E-state index contributed by atoms with van der Waals surface area (Å²) in [5.41, 5.74) is 0. The topological polar surface area (TPSA) is 68.0 Å². The van der Waals surface area contributed by atoms with Crippen molar-refractivity contribution in [3.05, 3.63) is 24.2 Å². The molecule has 168 valence electrons. The van der Waals surface area contributed by atoms with Gasteiger partial charge in [-0.25, -0.2) is 0 Å². The standard InChI is InChI=1S/C22H39N3O3.HI/c1-4-18(5-2)21-17-19(11-16-28-21)25-22(23-12-8-14-26-6-3)24-13-10-20-9-7-15-27-20;/h7,9,15,18-19,21H,4-6,8,10-14,16-17H2,1-3H3,(H2,23,24,25);1H. The van der Waals surface area contributed by atoms with Crippen LogP contribution in [0.25, 0.3) is 0 Å². The minimum absolute atomic E-state index is 0. The van der Waals surface area contributed by atoms with Crippen molar-refractivity contribution in [2.45, 2.75) is 71.4 Å². The van der Waals surface area contributed by atoms with Gasteiger partial charge in [-0.3, -0.25) is 4.99 Å². The number of aliphatic imine (C=N–C) groups is 1. The van der Waals surface area contributed by atoms with Crippen LogP contribution in [0, 0.1) is 5.92 Å². The van der Waals surface area contributed by atoms with Gasteiger partial charge in [0.05, 0.1) is 12.4 Å². The maximum Gasteiger partial charge on any atom is 0.191 e. The molecule has 1 aliphatic rings. The van der Waals surface area contributed by atoms with Gasteiger partial charge in [0.2, 0.25) is 0 Å². The van der Waals surface area contributed by atoms with E-state index in [1.807, 2.05) is 19.1 Å². The normalized spacial score (nSPS) is 19.8. The molecule has 0 spiro atoms. The molecule has 0 aromatic carbocycles. The number of hydrogen-bond acceptors (Lipinski definition) is 4. The summed E-state index contributed by atoms with van der Waals surface area (Å²) in [7, 11) is 0. The van der Waals surface area contributed by atoms with Gasteiger partial charge in [-0.05, 0) is 44.2 Å². The van der Waals surface area contributed by atoms with Gasteiger partial charge in [-0.2, -0.15) is 0 Å². The highest BCUT2D eigenvalue weighted by Gasteiger charge is 2.28. The lowest BCUT2D eigenvalue weighted by Gasteiger charge is -2.35. The van der Waals surface area contributed by atoms with E-state index in [1.54, 1.807) is 6.26 Å².